The zero-order valence-corrected chi connectivity index (χ0v) is 13.8. The Morgan fingerprint density at radius 3 is 2.43 bits per heavy atom. The molecule has 1 saturated carbocycles. The molecule has 0 heterocycles. The van der Waals surface area contributed by atoms with Gasteiger partial charge in [0.15, 0.2) is 0 Å². The van der Waals surface area contributed by atoms with Crippen LogP contribution in [-0.4, -0.2) is 18.8 Å². The van der Waals surface area contributed by atoms with Gasteiger partial charge in [-0.05, 0) is 43.0 Å². The molecule has 2 unspecified atom stereocenters. The summed E-state index contributed by atoms with van der Waals surface area (Å²) in [7, 11) is 1.69. The van der Waals surface area contributed by atoms with E-state index in [9.17, 15) is 5.11 Å². The SMILES string of the molecule is COc1cccc(C(C)NCC2(C(O)c3ccccc3)CC2)c1. The molecule has 0 bridgehead atoms. The molecule has 3 nitrogen and oxygen atoms in total. The van der Waals surface area contributed by atoms with Crippen molar-refractivity contribution in [3.63, 3.8) is 0 Å². The van der Waals surface area contributed by atoms with E-state index in [0.717, 1.165) is 30.7 Å². The highest BCUT2D eigenvalue weighted by Crippen LogP contribution is 2.54. The molecule has 0 aromatic heterocycles. The number of nitrogens with one attached hydrogen (secondary N) is 1. The van der Waals surface area contributed by atoms with E-state index in [0.29, 0.717) is 0 Å². The van der Waals surface area contributed by atoms with Crippen molar-refractivity contribution in [2.75, 3.05) is 13.7 Å². The van der Waals surface area contributed by atoms with Crippen molar-refractivity contribution in [1.82, 2.24) is 5.32 Å². The molecule has 1 fully saturated rings. The number of hydrogen-bond donors (Lipinski definition) is 2. The van der Waals surface area contributed by atoms with Gasteiger partial charge >= 0.3 is 0 Å². The van der Waals surface area contributed by atoms with Crippen LogP contribution in [0.1, 0.15) is 43.0 Å². The van der Waals surface area contributed by atoms with Crippen LogP contribution in [0.5, 0.6) is 5.75 Å². The summed E-state index contributed by atoms with van der Waals surface area (Å²) >= 11 is 0. The predicted octanol–water partition coefficient (Wildman–Crippen LogP) is 3.86. The quantitative estimate of drug-likeness (QED) is 0.816. The lowest BCUT2D eigenvalue weighted by molar-refractivity contribution is 0.0903. The summed E-state index contributed by atoms with van der Waals surface area (Å²) in [6.45, 7) is 2.97. The monoisotopic (exact) mass is 311 g/mol. The maximum atomic E-state index is 10.7. The topological polar surface area (TPSA) is 41.5 Å². The number of benzene rings is 2. The minimum atomic E-state index is -0.395. The van der Waals surface area contributed by atoms with Crippen molar-refractivity contribution >= 4 is 0 Å². The zero-order valence-electron chi connectivity index (χ0n) is 13.8. The molecular formula is C20H25NO2. The fourth-order valence-electron chi connectivity index (χ4n) is 3.08. The second kappa shape index (κ2) is 6.73. The van der Waals surface area contributed by atoms with Crippen LogP contribution in [0.25, 0.3) is 0 Å². The zero-order chi connectivity index (χ0) is 16.3. The first-order chi connectivity index (χ1) is 11.1. The van der Waals surface area contributed by atoms with Crippen molar-refractivity contribution in [3.8, 4) is 5.75 Å². The summed E-state index contributed by atoms with van der Waals surface area (Å²) in [6.07, 6.45) is 1.75. The average Bonchev–Trinajstić information content (AvgIpc) is 3.41. The summed E-state index contributed by atoms with van der Waals surface area (Å²) in [6, 6.07) is 18.3. The predicted molar refractivity (Wildman–Crippen MR) is 92.5 cm³/mol. The van der Waals surface area contributed by atoms with E-state index in [4.69, 9.17) is 4.74 Å². The van der Waals surface area contributed by atoms with E-state index in [1.54, 1.807) is 7.11 Å². The molecule has 1 aliphatic rings. The lowest BCUT2D eigenvalue weighted by Gasteiger charge is -2.25. The largest absolute Gasteiger partial charge is 0.497 e. The third-order valence-electron chi connectivity index (χ3n) is 4.94. The fraction of sp³-hybridized carbons (Fsp3) is 0.400. The van der Waals surface area contributed by atoms with Crippen LogP contribution < -0.4 is 10.1 Å². The number of hydrogen-bond acceptors (Lipinski definition) is 3. The molecule has 0 amide bonds. The lowest BCUT2D eigenvalue weighted by atomic mass is 9.92. The molecule has 0 radical (unpaired) electrons. The Balaban J connectivity index is 1.63. The normalized spacial score (nSPS) is 18.2. The van der Waals surface area contributed by atoms with Crippen LogP contribution in [0.15, 0.2) is 54.6 Å². The van der Waals surface area contributed by atoms with Crippen molar-refractivity contribution in [3.05, 3.63) is 65.7 Å². The Morgan fingerprint density at radius 2 is 1.78 bits per heavy atom. The molecule has 23 heavy (non-hydrogen) atoms. The van der Waals surface area contributed by atoms with Gasteiger partial charge in [0, 0.05) is 18.0 Å². The molecule has 122 valence electrons. The van der Waals surface area contributed by atoms with E-state index >= 15 is 0 Å². The summed E-state index contributed by atoms with van der Waals surface area (Å²) in [5.74, 6) is 0.876. The number of aliphatic hydroxyl groups is 1. The molecule has 0 saturated heterocycles. The number of aliphatic hydroxyl groups excluding tert-OH is 1. The molecule has 1 aliphatic carbocycles. The van der Waals surface area contributed by atoms with Crippen LogP contribution >= 0.6 is 0 Å². The van der Waals surface area contributed by atoms with Gasteiger partial charge in [0.25, 0.3) is 0 Å². The third-order valence-corrected chi connectivity index (χ3v) is 4.94. The number of rotatable bonds is 7. The molecule has 3 rings (SSSR count). The van der Waals surface area contributed by atoms with Gasteiger partial charge in [0.1, 0.15) is 5.75 Å². The highest BCUT2D eigenvalue weighted by atomic mass is 16.5. The van der Waals surface area contributed by atoms with Crippen LogP contribution in [0.2, 0.25) is 0 Å². The second-order valence-corrected chi connectivity index (χ2v) is 6.55. The van der Waals surface area contributed by atoms with Crippen molar-refractivity contribution in [2.45, 2.75) is 31.9 Å². The maximum absolute atomic E-state index is 10.7. The number of ether oxygens (including phenoxy) is 1. The first kappa shape index (κ1) is 16.0. The van der Waals surface area contributed by atoms with Crippen LogP contribution in [0, 0.1) is 5.41 Å². The molecule has 0 aliphatic heterocycles. The van der Waals surface area contributed by atoms with Gasteiger partial charge in [-0.25, -0.2) is 0 Å². The Kier molecular flexibility index (Phi) is 4.69. The minimum Gasteiger partial charge on any atom is -0.497 e. The standard InChI is InChI=1S/C20H25NO2/c1-15(17-9-6-10-18(13-17)23-2)21-14-20(11-12-20)19(22)16-7-4-3-5-8-16/h3-10,13,15,19,21-22H,11-12,14H2,1-2H3. The Hall–Kier alpha value is -1.84. The highest BCUT2D eigenvalue weighted by molar-refractivity contribution is 5.30. The second-order valence-electron chi connectivity index (χ2n) is 6.55. The molecule has 2 aromatic rings. The molecular weight excluding hydrogens is 286 g/mol. The van der Waals surface area contributed by atoms with Gasteiger partial charge in [-0.2, -0.15) is 0 Å². The summed E-state index contributed by atoms with van der Waals surface area (Å²) in [4.78, 5) is 0. The first-order valence-corrected chi connectivity index (χ1v) is 8.25. The third kappa shape index (κ3) is 3.57. The minimum absolute atomic E-state index is 0.0194. The summed E-state index contributed by atoms with van der Waals surface area (Å²) in [5, 5.41) is 14.3. The van der Waals surface area contributed by atoms with Crippen LogP contribution in [-0.2, 0) is 0 Å². The van der Waals surface area contributed by atoms with Gasteiger partial charge in [-0.3, -0.25) is 0 Å². The molecule has 0 spiro atoms. The van der Waals surface area contributed by atoms with E-state index in [2.05, 4.69) is 24.4 Å². The lowest BCUT2D eigenvalue weighted by Crippen LogP contribution is -2.30. The van der Waals surface area contributed by atoms with E-state index in [-0.39, 0.29) is 11.5 Å². The molecule has 2 N–H and O–H groups in total. The summed E-state index contributed by atoms with van der Waals surface area (Å²) in [5.41, 5.74) is 2.20. The van der Waals surface area contributed by atoms with E-state index < -0.39 is 6.10 Å². The van der Waals surface area contributed by atoms with Gasteiger partial charge in [-0.1, -0.05) is 42.5 Å². The van der Waals surface area contributed by atoms with Crippen LogP contribution in [0.4, 0.5) is 0 Å². The maximum Gasteiger partial charge on any atom is 0.119 e. The van der Waals surface area contributed by atoms with Crippen molar-refractivity contribution < 1.29 is 9.84 Å². The Labute approximate surface area is 138 Å². The van der Waals surface area contributed by atoms with Crippen molar-refractivity contribution in [1.29, 1.82) is 0 Å². The molecule has 3 heteroatoms. The van der Waals surface area contributed by atoms with Gasteiger partial charge < -0.3 is 15.2 Å². The average molecular weight is 311 g/mol. The summed E-state index contributed by atoms with van der Waals surface area (Å²) < 4.78 is 5.29. The molecule has 2 aromatic carbocycles. The van der Waals surface area contributed by atoms with E-state index in [1.807, 2.05) is 42.5 Å². The van der Waals surface area contributed by atoms with Crippen molar-refractivity contribution in [2.24, 2.45) is 5.41 Å². The highest BCUT2D eigenvalue weighted by Gasteiger charge is 2.49. The Bertz CT molecular complexity index is 637. The van der Waals surface area contributed by atoms with Gasteiger partial charge in [-0.15, -0.1) is 0 Å². The molecule has 2 atom stereocenters. The number of methoxy groups -OCH3 is 1. The van der Waals surface area contributed by atoms with E-state index in [1.165, 1.54) is 5.56 Å². The Morgan fingerprint density at radius 1 is 1.09 bits per heavy atom. The van der Waals surface area contributed by atoms with Gasteiger partial charge in [0.2, 0.25) is 0 Å². The smallest absolute Gasteiger partial charge is 0.119 e. The fourth-order valence-corrected chi connectivity index (χ4v) is 3.08. The first-order valence-electron chi connectivity index (χ1n) is 8.25. The van der Waals surface area contributed by atoms with Crippen LogP contribution in [0.3, 0.4) is 0 Å². The van der Waals surface area contributed by atoms with Gasteiger partial charge in [0.05, 0.1) is 13.2 Å².